The van der Waals surface area contributed by atoms with Gasteiger partial charge in [0.25, 0.3) is 0 Å². The van der Waals surface area contributed by atoms with Crippen molar-refractivity contribution in [2.45, 2.75) is 59.8 Å². The summed E-state index contributed by atoms with van der Waals surface area (Å²) in [5, 5.41) is 0. The molecule has 0 bridgehead atoms. The van der Waals surface area contributed by atoms with E-state index in [1.165, 1.54) is 58.2 Å². The van der Waals surface area contributed by atoms with Crippen molar-refractivity contribution in [2.75, 3.05) is 32.8 Å². The van der Waals surface area contributed by atoms with Crippen LogP contribution in [-0.2, 0) is 4.74 Å². The van der Waals surface area contributed by atoms with E-state index in [2.05, 4.69) is 18.7 Å². The fraction of sp³-hybridized carbons (Fsp3) is 1.00. The molecule has 0 unspecified atom stereocenters. The molecule has 1 fully saturated rings. The lowest BCUT2D eigenvalue weighted by molar-refractivity contribution is 0.0651. The number of ether oxygens (including phenoxy) is 1. The molecule has 104 valence electrons. The zero-order valence-electron chi connectivity index (χ0n) is 11.2. The van der Waals surface area contributed by atoms with E-state index >= 15 is 0 Å². The quantitative estimate of drug-likeness (QED) is 0.599. The molecule has 0 aromatic heterocycles. The average molecular weight is 243 g/mol. The molecule has 0 amide bonds. The van der Waals surface area contributed by atoms with Crippen molar-refractivity contribution in [1.82, 2.24) is 4.90 Å². The second kappa shape index (κ2) is 11.0. The average Bonchev–Trinajstić information content (AvgIpc) is 2.31. The lowest BCUT2D eigenvalue weighted by Crippen LogP contribution is -2.35. The van der Waals surface area contributed by atoms with E-state index in [1.54, 1.807) is 0 Å². The SMILES string of the molecule is C.CCCCCOCC1CCN(CCC)CC1. The van der Waals surface area contributed by atoms with Gasteiger partial charge in [0.2, 0.25) is 0 Å². The molecule has 17 heavy (non-hydrogen) atoms. The maximum Gasteiger partial charge on any atom is 0.0495 e. The normalized spacial score (nSPS) is 18.0. The number of nitrogens with zero attached hydrogens (tertiary/aromatic N) is 1. The Morgan fingerprint density at radius 2 is 1.76 bits per heavy atom. The van der Waals surface area contributed by atoms with Crippen LogP contribution < -0.4 is 0 Å². The second-order valence-electron chi connectivity index (χ2n) is 5.07. The fourth-order valence-corrected chi connectivity index (χ4v) is 2.40. The Kier molecular flexibility index (Phi) is 11.0. The van der Waals surface area contributed by atoms with Crippen molar-refractivity contribution in [3.05, 3.63) is 0 Å². The van der Waals surface area contributed by atoms with Gasteiger partial charge >= 0.3 is 0 Å². The third-order valence-corrected chi connectivity index (χ3v) is 3.49. The number of likely N-dealkylation sites (tertiary alicyclic amines) is 1. The van der Waals surface area contributed by atoms with Crippen molar-refractivity contribution in [1.29, 1.82) is 0 Å². The van der Waals surface area contributed by atoms with Crippen molar-refractivity contribution in [2.24, 2.45) is 5.92 Å². The first-order valence-corrected chi connectivity index (χ1v) is 7.16. The van der Waals surface area contributed by atoms with Gasteiger partial charge in [-0.2, -0.15) is 0 Å². The summed E-state index contributed by atoms with van der Waals surface area (Å²) in [5.41, 5.74) is 0. The van der Waals surface area contributed by atoms with Crippen LogP contribution in [0.5, 0.6) is 0 Å². The van der Waals surface area contributed by atoms with Crippen LogP contribution >= 0.6 is 0 Å². The fourth-order valence-electron chi connectivity index (χ4n) is 2.40. The first-order chi connectivity index (χ1) is 7.86. The zero-order valence-corrected chi connectivity index (χ0v) is 11.2. The highest BCUT2D eigenvalue weighted by atomic mass is 16.5. The van der Waals surface area contributed by atoms with Crippen molar-refractivity contribution in [3.63, 3.8) is 0 Å². The molecule has 1 saturated heterocycles. The lowest BCUT2D eigenvalue weighted by atomic mass is 9.98. The number of unbranched alkanes of at least 4 members (excludes halogenated alkanes) is 2. The van der Waals surface area contributed by atoms with Crippen LogP contribution in [0.15, 0.2) is 0 Å². The van der Waals surface area contributed by atoms with Gasteiger partial charge in [-0.15, -0.1) is 0 Å². The van der Waals surface area contributed by atoms with Crippen LogP contribution in [-0.4, -0.2) is 37.7 Å². The summed E-state index contributed by atoms with van der Waals surface area (Å²) in [6, 6.07) is 0. The third kappa shape index (κ3) is 7.77. The van der Waals surface area contributed by atoms with Crippen molar-refractivity contribution >= 4 is 0 Å². The minimum absolute atomic E-state index is 0. The Morgan fingerprint density at radius 3 is 2.35 bits per heavy atom. The summed E-state index contributed by atoms with van der Waals surface area (Å²) in [6.07, 6.45) is 7.82. The molecule has 0 saturated carbocycles. The molecule has 0 atom stereocenters. The topological polar surface area (TPSA) is 12.5 Å². The summed E-state index contributed by atoms with van der Waals surface area (Å²) < 4.78 is 5.75. The van der Waals surface area contributed by atoms with Gasteiger partial charge in [-0.3, -0.25) is 0 Å². The highest BCUT2D eigenvalue weighted by molar-refractivity contribution is 4.71. The van der Waals surface area contributed by atoms with Gasteiger partial charge in [-0.1, -0.05) is 34.1 Å². The van der Waals surface area contributed by atoms with Gasteiger partial charge in [-0.25, -0.2) is 0 Å². The monoisotopic (exact) mass is 243 g/mol. The Balaban J connectivity index is 0.00000256. The van der Waals surface area contributed by atoms with Crippen LogP contribution in [0.25, 0.3) is 0 Å². The predicted octanol–water partition coefficient (Wildman–Crippen LogP) is 3.95. The molecule has 1 rings (SSSR count). The first kappa shape index (κ1) is 16.9. The molecule has 1 heterocycles. The molecule has 0 aliphatic carbocycles. The van der Waals surface area contributed by atoms with E-state index < -0.39 is 0 Å². The molecular weight excluding hydrogens is 210 g/mol. The lowest BCUT2D eigenvalue weighted by Gasteiger charge is -2.31. The summed E-state index contributed by atoms with van der Waals surface area (Å²) >= 11 is 0. The summed E-state index contributed by atoms with van der Waals surface area (Å²) in [6.45, 7) is 10.3. The Morgan fingerprint density at radius 1 is 1.06 bits per heavy atom. The van der Waals surface area contributed by atoms with Gasteiger partial charge in [0.1, 0.15) is 0 Å². The molecule has 1 aliphatic heterocycles. The summed E-state index contributed by atoms with van der Waals surface area (Å²) in [5.74, 6) is 0.828. The van der Waals surface area contributed by atoms with Crippen LogP contribution in [0.3, 0.4) is 0 Å². The molecule has 2 heteroatoms. The maximum absolute atomic E-state index is 5.75. The largest absolute Gasteiger partial charge is 0.381 e. The summed E-state index contributed by atoms with van der Waals surface area (Å²) in [7, 11) is 0. The van der Waals surface area contributed by atoms with E-state index in [0.29, 0.717) is 0 Å². The van der Waals surface area contributed by atoms with E-state index in [0.717, 1.165) is 19.1 Å². The van der Waals surface area contributed by atoms with E-state index in [4.69, 9.17) is 4.74 Å². The van der Waals surface area contributed by atoms with Crippen LogP contribution in [0.1, 0.15) is 59.8 Å². The summed E-state index contributed by atoms with van der Waals surface area (Å²) in [4.78, 5) is 2.59. The van der Waals surface area contributed by atoms with Gasteiger partial charge in [0.05, 0.1) is 0 Å². The van der Waals surface area contributed by atoms with Crippen molar-refractivity contribution in [3.8, 4) is 0 Å². The van der Waals surface area contributed by atoms with Crippen LogP contribution in [0.2, 0.25) is 0 Å². The Bertz CT molecular complexity index is 153. The van der Waals surface area contributed by atoms with Gasteiger partial charge in [0.15, 0.2) is 0 Å². The molecule has 0 radical (unpaired) electrons. The molecule has 0 aromatic carbocycles. The van der Waals surface area contributed by atoms with E-state index in [-0.39, 0.29) is 7.43 Å². The standard InChI is InChI=1S/C14H29NO.CH4/c1-3-5-6-12-16-13-14-7-10-15(9-4-2)11-8-14;/h14H,3-13H2,1-2H3;1H4. The Hall–Kier alpha value is -0.0800. The van der Waals surface area contributed by atoms with Gasteiger partial charge < -0.3 is 9.64 Å². The minimum Gasteiger partial charge on any atom is -0.381 e. The van der Waals surface area contributed by atoms with Crippen molar-refractivity contribution < 1.29 is 4.74 Å². The van der Waals surface area contributed by atoms with Gasteiger partial charge in [0, 0.05) is 13.2 Å². The number of rotatable bonds is 8. The molecule has 0 aromatic rings. The zero-order chi connectivity index (χ0) is 11.6. The third-order valence-electron chi connectivity index (χ3n) is 3.49. The predicted molar refractivity (Wildman–Crippen MR) is 76.5 cm³/mol. The molecular formula is C15H33NO. The van der Waals surface area contributed by atoms with Crippen LogP contribution in [0.4, 0.5) is 0 Å². The second-order valence-corrected chi connectivity index (χ2v) is 5.07. The highest BCUT2D eigenvalue weighted by Crippen LogP contribution is 2.17. The number of hydrogen-bond donors (Lipinski definition) is 0. The molecule has 0 spiro atoms. The number of hydrogen-bond acceptors (Lipinski definition) is 2. The minimum atomic E-state index is 0. The smallest absolute Gasteiger partial charge is 0.0495 e. The molecule has 2 nitrogen and oxygen atoms in total. The first-order valence-electron chi connectivity index (χ1n) is 7.16. The Labute approximate surface area is 109 Å². The van der Waals surface area contributed by atoms with Gasteiger partial charge in [-0.05, 0) is 51.2 Å². The highest BCUT2D eigenvalue weighted by Gasteiger charge is 2.18. The number of piperidine rings is 1. The maximum atomic E-state index is 5.75. The van der Waals surface area contributed by atoms with E-state index in [1.807, 2.05) is 0 Å². The van der Waals surface area contributed by atoms with E-state index in [9.17, 15) is 0 Å². The molecule has 0 N–H and O–H groups in total. The van der Waals surface area contributed by atoms with Crippen LogP contribution in [0, 0.1) is 5.92 Å². The molecule has 1 aliphatic rings.